The first-order chi connectivity index (χ1) is 8.69. The largest absolute Gasteiger partial charge is 0.390 e. The van der Waals surface area contributed by atoms with Crippen LogP contribution in [0.3, 0.4) is 0 Å². The minimum absolute atomic E-state index is 0.324. The van der Waals surface area contributed by atoms with Crippen molar-refractivity contribution in [3.63, 3.8) is 0 Å². The Balaban J connectivity index is 2.39. The van der Waals surface area contributed by atoms with E-state index >= 15 is 0 Å². The van der Waals surface area contributed by atoms with Gasteiger partial charge in [0.25, 0.3) is 0 Å². The van der Waals surface area contributed by atoms with Gasteiger partial charge in [0.15, 0.2) is 0 Å². The third kappa shape index (κ3) is 5.07. The van der Waals surface area contributed by atoms with Crippen LogP contribution in [0.1, 0.15) is 26.3 Å². The number of aliphatic hydroxyl groups excluding tert-OH is 1. The highest BCUT2D eigenvalue weighted by atomic mass is 16.3. The van der Waals surface area contributed by atoms with Gasteiger partial charge in [-0.3, -0.25) is 0 Å². The molecule has 1 unspecified atom stereocenters. The number of benzene rings is 1. The Bertz CT molecular complexity index is 337. The lowest BCUT2D eigenvalue weighted by Crippen LogP contribution is -2.35. The molecular weight excluding hydrogens is 224 g/mol. The molecule has 2 N–H and O–H groups in total. The maximum atomic E-state index is 9.97. The third-order valence-corrected chi connectivity index (χ3v) is 3.24. The lowest BCUT2D eigenvalue weighted by Gasteiger charge is -2.22. The van der Waals surface area contributed by atoms with E-state index in [2.05, 4.69) is 49.2 Å². The van der Waals surface area contributed by atoms with Gasteiger partial charge in [0.2, 0.25) is 0 Å². The minimum atomic E-state index is -0.324. The van der Waals surface area contributed by atoms with E-state index < -0.39 is 0 Å². The summed E-state index contributed by atoms with van der Waals surface area (Å²) in [7, 11) is 0. The normalized spacial score (nSPS) is 12.7. The van der Waals surface area contributed by atoms with Crippen LogP contribution in [-0.2, 0) is 6.42 Å². The van der Waals surface area contributed by atoms with Gasteiger partial charge in [-0.25, -0.2) is 0 Å². The molecule has 0 radical (unpaired) electrons. The van der Waals surface area contributed by atoms with Crippen LogP contribution in [0.15, 0.2) is 24.3 Å². The summed E-state index contributed by atoms with van der Waals surface area (Å²) >= 11 is 0. The highest BCUT2D eigenvalue weighted by molar-refractivity contribution is 5.45. The molecule has 1 aromatic carbocycles. The van der Waals surface area contributed by atoms with Gasteiger partial charge in [-0.15, -0.1) is 0 Å². The monoisotopic (exact) mass is 250 g/mol. The van der Waals surface area contributed by atoms with Crippen molar-refractivity contribution >= 4 is 5.69 Å². The lowest BCUT2D eigenvalue weighted by atomic mass is 10.1. The molecule has 0 heterocycles. The fourth-order valence-electron chi connectivity index (χ4n) is 1.98. The summed E-state index contributed by atoms with van der Waals surface area (Å²) < 4.78 is 0. The Labute approximate surface area is 111 Å². The quantitative estimate of drug-likeness (QED) is 0.743. The van der Waals surface area contributed by atoms with Crippen molar-refractivity contribution in [1.29, 1.82) is 0 Å². The van der Waals surface area contributed by atoms with Gasteiger partial charge >= 0.3 is 0 Å². The Hall–Kier alpha value is -1.06. The molecule has 0 aliphatic heterocycles. The molecule has 0 bridgehead atoms. The van der Waals surface area contributed by atoms with Gasteiger partial charge in [0.1, 0.15) is 0 Å². The molecule has 0 saturated heterocycles. The minimum Gasteiger partial charge on any atom is -0.390 e. The number of hydrogen-bond acceptors (Lipinski definition) is 3. The molecule has 1 rings (SSSR count). The van der Waals surface area contributed by atoms with Crippen molar-refractivity contribution in [3.05, 3.63) is 29.8 Å². The van der Waals surface area contributed by atoms with E-state index in [1.165, 1.54) is 5.56 Å². The van der Waals surface area contributed by atoms with Gasteiger partial charge < -0.3 is 15.3 Å². The van der Waals surface area contributed by atoms with Crippen LogP contribution in [0.4, 0.5) is 5.69 Å². The zero-order valence-electron chi connectivity index (χ0n) is 11.8. The highest BCUT2D eigenvalue weighted by Gasteiger charge is 2.08. The van der Waals surface area contributed by atoms with Gasteiger partial charge in [-0.1, -0.05) is 32.9 Å². The smallest absolute Gasteiger partial charge is 0.0839 e. The summed E-state index contributed by atoms with van der Waals surface area (Å²) in [5.74, 6) is 0. The summed E-state index contributed by atoms with van der Waals surface area (Å²) in [5, 5.41) is 13.3. The predicted octanol–water partition coefficient (Wildman–Crippen LogP) is 2.36. The first-order valence-electron chi connectivity index (χ1n) is 6.92. The van der Waals surface area contributed by atoms with Crippen LogP contribution in [-0.4, -0.2) is 42.3 Å². The second kappa shape index (κ2) is 8.11. The highest BCUT2D eigenvalue weighted by Crippen LogP contribution is 2.11. The number of likely N-dealkylation sites (N-methyl/N-ethyl adjacent to an activating group) is 1. The van der Waals surface area contributed by atoms with Gasteiger partial charge in [-0.2, -0.15) is 0 Å². The topological polar surface area (TPSA) is 35.5 Å². The Kier molecular flexibility index (Phi) is 6.76. The van der Waals surface area contributed by atoms with Gasteiger partial charge in [0, 0.05) is 18.8 Å². The Morgan fingerprint density at radius 2 is 1.94 bits per heavy atom. The number of anilines is 1. The van der Waals surface area contributed by atoms with E-state index in [0.717, 1.165) is 31.7 Å². The van der Waals surface area contributed by atoms with E-state index in [4.69, 9.17) is 0 Å². The number of rotatable bonds is 8. The summed E-state index contributed by atoms with van der Waals surface area (Å²) in [6.45, 7) is 9.69. The predicted molar refractivity (Wildman–Crippen MR) is 78.1 cm³/mol. The van der Waals surface area contributed by atoms with Crippen LogP contribution in [0, 0.1) is 0 Å². The number of nitrogens with zero attached hydrogens (tertiary/aromatic N) is 1. The fourth-order valence-corrected chi connectivity index (χ4v) is 1.98. The molecule has 0 aromatic heterocycles. The Morgan fingerprint density at radius 1 is 1.22 bits per heavy atom. The molecule has 1 atom stereocenters. The summed E-state index contributed by atoms with van der Waals surface area (Å²) in [6.07, 6.45) is 0.715. The van der Waals surface area contributed by atoms with E-state index in [1.54, 1.807) is 0 Å². The number of nitrogens with one attached hydrogen (secondary N) is 1. The lowest BCUT2D eigenvalue weighted by molar-refractivity contribution is 0.128. The van der Waals surface area contributed by atoms with Gasteiger partial charge in [-0.05, 0) is 37.2 Å². The zero-order chi connectivity index (χ0) is 13.4. The van der Waals surface area contributed by atoms with E-state index in [0.29, 0.717) is 6.54 Å². The van der Waals surface area contributed by atoms with E-state index in [-0.39, 0.29) is 6.10 Å². The molecule has 3 nitrogen and oxygen atoms in total. The fraction of sp³-hybridized carbons (Fsp3) is 0.600. The average molecular weight is 250 g/mol. The Morgan fingerprint density at radius 3 is 2.56 bits per heavy atom. The van der Waals surface area contributed by atoms with Crippen molar-refractivity contribution in [2.45, 2.75) is 33.3 Å². The second-order valence-electron chi connectivity index (χ2n) is 4.57. The van der Waals surface area contributed by atoms with Gasteiger partial charge in [0.05, 0.1) is 6.10 Å². The molecule has 0 fully saturated rings. The maximum Gasteiger partial charge on any atom is 0.0839 e. The standard InChI is InChI=1S/C15H26N2O/c1-4-13-8-7-9-14(10-13)16-11-15(18)12-17(5-2)6-3/h7-10,15-16,18H,4-6,11-12H2,1-3H3. The van der Waals surface area contributed by atoms with E-state index in [9.17, 15) is 5.11 Å². The van der Waals surface area contributed by atoms with Crippen LogP contribution in [0.5, 0.6) is 0 Å². The molecule has 0 aliphatic carbocycles. The zero-order valence-corrected chi connectivity index (χ0v) is 11.8. The third-order valence-electron chi connectivity index (χ3n) is 3.24. The molecule has 18 heavy (non-hydrogen) atoms. The summed E-state index contributed by atoms with van der Waals surface area (Å²) in [6, 6.07) is 8.36. The number of aliphatic hydroxyl groups is 1. The molecule has 3 heteroatoms. The maximum absolute atomic E-state index is 9.97. The van der Waals surface area contributed by atoms with Crippen LogP contribution in [0.2, 0.25) is 0 Å². The van der Waals surface area contributed by atoms with Crippen LogP contribution in [0.25, 0.3) is 0 Å². The molecule has 0 amide bonds. The van der Waals surface area contributed by atoms with Crippen molar-refractivity contribution in [2.75, 3.05) is 31.5 Å². The molecule has 0 spiro atoms. The first kappa shape index (κ1) is 15.0. The van der Waals surface area contributed by atoms with E-state index in [1.807, 2.05) is 6.07 Å². The van der Waals surface area contributed by atoms with Crippen LogP contribution < -0.4 is 5.32 Å². The summed E-state index contributed by atoms with van der Waals surface area (Å²) in [5.41, 5.74) is 2.41. The van der Waals surface area contributed by atoms with Crippen molar-refractivity contribution in [3.8, 4) is 0 Å². The second-order valence-corrected chi connectivity index (χ2v) is 4.57. The van der Waals surface area contributed by atoms with Crippen molar-refractivity contribution in [2.24, 2.45) is 0 Å². The first-order valence-corrected chi connectivity index (χ1v) is 6.92. The van der Waals surface area contributed by atoms with Crippen LogP contribution >= 0.6 is 0 Å². The number of aryl methyl sites for hydroxylation is 1. The van der Waals surface area contributed by atoms with Crippen molar-refractivity contribution < 1.29 is 5.11 Å². The molecule has 0 saturated carbocycles. The molecule has 0 aliphatic rings. The average Bonchev–Trinajstić information content (AvgIpc) is 2.42. The van der Waals surface area contributed by atoms with Crippen molar-refractivity contribution in [1.82, 2.24) is 4.90 Å². The summed E-state index contributed by atoms with van der Waals surface area (Å²) in [4.78, 5) is 2.23. The number of hydrogen-bond donors (Lipinski definition) is 2. The molecule has 1 aromatic rings. The SMILES string of the molecule is CCc1cccc(NCC(O)CN(CC)CC)c1. The molecule has 102 valence electrons. The molecular formula is C15H26N2O.